The number of aromatic nitrogens is 2. The van der Waals surface area contributed by atoms with Crippen molar-refractivity contribution < 1.29 is 4.79 Å². The molecular formula is C24H31N5O2. The molecule has 4 heterocycles. The third kappa shape index (κ3) is 5.82. The van der Waals surface area contributed by atoms with Gasteiger partial charge in [0.25, 0.3) is 5.56 Å². The zero-order valence-electron chi connectivity index (χ0n) is 17.9. The zero-order chi connectivity index (χ0) is 21.5. The monoisotopic (exact) mass is 421 g/mol. The summed E-state index contributed by atoms with van der Waals surface area (Å²) in [5.41, 5.74) is 2.31. The molecule has 0 radical (unpaired) electrons. The van der Waals surface area contributed by atoms with Gasteiger partial charge in [0.15, 0.2) is 0 Å². The maximum Gasteiger partial charge on any atom is 0.271 e. The van der Waals surface area contributed by atoms with Gasteiger partial charge in [-0.3, -0.25) is 19.5 Å². The average molecular weight is 422 g/mol. The van der Waals surface area contributed by atoms with Crippen LogP contribution in [0.2, 0.25) is 0 Å². The Morgan fingerprint density at radius 2 is 1.94 bits per heavy atom. The minimum absolute atomic E-state index is 0.0574. The summed E-state index contributed by atoms with van der Waals surface area (Å²) in [6.45, 7) is 4.46. The Hall–Kier alpha value is -2.93. The molecule has 164 valence electrons. The van der Waals surface area contributed by atoms with E-state index in [2.05, 4.69) is 20.2 Å². The highest BCUT2D eigenvalue weighted by Crippen LogP contribution is 2.20. The summed E-state index contributed by atoms with van der Waals surface area (Å²) in [4.78, 5) is 36.2. The first-order chi connectivity index (χ1) is 15.2. The molecule has 2 N–H and O–H groups in total. The van der Waals surface area contributed by atoms with E-state index < -0.39 is 0 Å². The highest BCUT2D eigenvalue weighted by atomic mass is 16.2. The number of H-pyrrole nitrogens is 1. The van der Waals surface area contributed by atoms with Gasteiger partial charge in [-0.1, -0.05) is 12.5 Å². The summed E-state index contributed by atoms with van der Waals surface area (Å²) in [6.07, 6.45) is 14.6. The highest BCUT2D eigenvalue weighted by molar-refractivity contribution is 5.87. The van der Waals surface area contributed by atoms with Crippen molar-refractivity contribution in [2.75, 3.05) is 38.0 Å². The number of piperidine rings is 2. The van der Waals surface area contributed by atoms with Crippen molar-refractivity contribution in [2.24, 2.45) is 0 Å². The van der Waals surface area contributed by atoms with Gasteiger partial charge in [0.05, 0.1) is 0 Å². The van der Waals surface area contributed by atoms with Gasteiger partial charge in [-0.2, -0.15) is 0 Å². The lowest BCUT2D eigenvalue weighted by Crippen LogP contribution is -2.45. The van der Waals surface area contributed by atoms with Crippen LogP contribution in [-0.4, -0.2) is 64.4 Å². The van der Waals surface area contributed by atoms with Crippen molar-refractivity contribution >= 4 is 11.6 Å². The van der Waals surface area contributed by atoms with Crippen molar-refractivity contribution in [2.45, 2.75) is 38.1 Å². The Morgan fingerprint density at radius 3 is 2.74 bits per heavy atom. The Morgan fingerprint density at radius 1 is 1.13 bits per heavy atom. The van der Waals surface area contributed by atoms with Crippen LogP contribution in [0.5, 0.6) is 0 Å². The number of hydrogen-bond acceptors (Lipinski definition) is 5. The summed E-state index contributed by atoms with van der Waals surface area (Å²) in [5.74, 6) is 0.0583. The van der Waals surface area contributed by atoms with Gasteiger partial charge in [0.1, 0.15) is 5.69 Å². The molecule has 2 aliphatic rings. The lowest BCUT2D eigenvalue weighted by Gasteiger charge is -2.33. The Bertz CT molecular complexity index is 950. The molecule has 7 heteroatoms. The number of carbonyl (C=O) groups excluding carboxylic acids is 1. The van der Waals surface area contributed by atoms with E-state index in [0.717, 1.165) is 50.1 Å². The Balaban J connectivity index is 1.35. The van der Waals surface area contributed by atoms with Crippen molar-refractivity contribution in [3.8, 4) is 11.1 Å². The van der Waals surface area contributed by atoms with E-state index >= 15 is 0 Å². The van der Waals surface area contributed by atoms with Crippen LogP contribution in [0.15, 0.2) is 53.7 Å². The summed E-state index contributed by atoms with van der Waals surface area (Å²) in [5, 5.41) is 3.37. The SMILES string of the molecule is O=C(/C=C/CN1CCCCC1)N1CCCC(Nc2cc(-c3ccncc3)c[nH]c2=O)C1. The minimum Gasteiger partial charge on any atom is -0.376 e. The number of likely N-dealkylation sites (tertiary alicyclic amines) is 2. The van der Waals surface area contributed by atoms with Gasteiger partial charge in [-0.05, 0) is 62.5 Å². The average Bonchev–Trinajstić information content (AvgIpc) is 2.82. The smallest absolute Gasteiger partial charge is 0.271 e. The fourth-order valence-electron chi connectivity index (χ4n) is 4.37. The quantitative estimate of drug-likeness (QED) is 0.701. The van der Waals surface area contributed by atoms with E-state index in [1.165, 1.54) is 19.3 Å². The standard InChI is InChI=1S/C24H31N5O2/c30-23(7-5-14-28-12-2-1-3-13-28)29-15-4-6-21(18-29)27-22-16-20(17-26-24(22)31)19-8-10-25-11-9-19/h5,7-11,16-17,21,27H,1-4,6,12-15,18H2,(H,26,31)/b7-5+. The Labute approximate surface area is 183 Å². The third-order valence-electron chi connectivity index (χ3n) is 6.08. The predicted molar refractivity (Wildman–Crippen MR) is 123 cm³/mol. The molecule has 0 aromatic carbocycles. The van der Waals surface area contributed by atoms with E-state index in [9.17, 15) is 9.59 Å². The van der Waals surface area contributed by atoms with Crippen LogP contribution in [0.1, 0.15) is 32.1 Å². The molecule has 31 heavy (non-hydrogen) atoms. The van der Waals surface area contributed by atoms with Crippen molar-refractivity contribution in [3.05, 3.63) is 59.3 Å². The number of nitrogens with zero attached hydrogens (tertiary/aromatic N) is 3. The number of rotatable bonds is 6. The topological polar surface area (TPSA) is 81.3 Å². The second-order valence-electron chi connectivity index (χ2n) is 8.40. The van der Waals surface area contributed by atoms with Gasteiger partial charge in [-0.25, -0.2) is 0 Å². The molecule has 1 atom stereocenters. The van der Waals surface area contributed by atoms with Crippen LogP contribution in [0, 0.1) is 0 Å². The normalized spacial score (nSPS) is 20.1. The molecular weight excluding hydrogens is 390 g/mol. The summed E-state index contributed by atoms with van der Waals surface area (Å²) in [7, 11) is 0. The first kappa shape index (κ1) is 21.3. The number of pyridine rings is 2. The van der Waals surface area contributed by atoms with E-state index in [-0.39, 0.29) is 17.5 Å². The second kappa shape index (κ2) is 10.4. The summed E-state index contributed by atoms with van der Waals surface area (Å²) >= 11 is 0. The number of amides is 1. The van der Waals surface area contributed by atoms with E-state index in [1.54, 1.807) is 24.7 Å². The molecule has 0 aliphatic carbocycles. The molecule has 4 rings (SSSR count). The van der Waals surface area contributed by atoms with Crippen LogP contribution in [0.4, 0.5) is 5.69 Å². The first-order valence-corrected chi connectivity index (χ1v) is 11.3. The maximum absolute atomic E-state index is 12.7. The van der Waals surface area contributed by atoms with Crippen LogP contribution < -0.4 is 10.9 Å². The molecule has 0 bridgehead atoms. The summed E-state index contributed by atoms with van der Waals surface area (Å²) < 4.78 is 0. The number of anilines is 1. The van der Waals surface area contributed by atoms with E-state index in [1.807, 2.05) is 29.2 Å². The van der Waals surface area contributed by atoms with Crippen LogP contribution >= 0.6 is 0 Å². The Kier molecular flexibility index (Phi) is 7.14. The molecule has 2 aliphatic heterocycles. The molecule has 0 spiro atoms. The van der Waals surface area contributed by atoms with Crippen LogP contribution in [0.3, 0.4) is 0 Å². The number of aromatic amines is 1. The van der Waals surface area contributed by atoms with E-state index in [0.29, 0.717) is 12.2 Å². The molecule has 1 amide bonds. The number of carbonyl (C=O) groups is 1. The number of nitrogens with one attached hydrogen (secondary N) is 2. The fraction of sp³-hybridized carbons (Fsp3) is 0.458. The van der Waals surface area contributed by atoms with Crippen molar-refractivity contribution in [1.82, 2.24) is 19.8 Å². The molecule has 2 saturated heterocycles. The van der Waals surface area contributed by atoms with Gasteiger partial charge < -0.3 is 15.2 Å². The van der Waals surface area contributed by atoms with Crippen molar-refractivity contribution in [3.63, 3.8) is 0 Å². The van der Waals surface area contributed by atoms with Gasteiger partial charge in [-0.15, -0.1) is 0 Å². The first-order valence-electron chi connectivity index (χ1n) is 11.3. The maximum atomic E-state index is 12.7. The summed E-state index contributed by atoms with van der Waals surface area (Å²) in [6, 6.07) is 5.75. The molecule has 1 unspecified atom stereocenters. The highest BCUT2D eigenvalue weighted by Gasteiger charge is 2.23. The third-order valence-corrected chi connectivity index (χ3v) is 6.08. The zero-order valence-corrected chi connectivity index (χ0v) is 17.9. The fourth-order valence-corrected chi connectivity index (χ4v) is 4.37. The van der Waals surface area contributed by atoms with Crippen LogP contribution in [-0.2, 0) is 4.79 Å². The van der Waals surface area contributed by atoms with Gasteiger partial charge in [0, 0.05) is 55.9 Å². The van der Waals surface area contributed by atoms with Gasteiger partial charge in [0.2, 0.25) is 5.91 Å². The largest absolute Gasteiger partial charge is 0.376 e. The molecule has 0 saturated carbocycles. The molecule has 7 nitrogen and oxygen atoms in total. The second-order valence-corrected chi connectivity index (χ2v) is 8.40. The van der Waals surface area contributed by atoms with Crippen LogP contribution in [0.25, 0.3) is 11.1 Å². The lowest BCUT2D eigenvalue weighted by atomic mass is 10.0. The van der Waals surface area contributed by atoms with E-state index in [4.69, 9.17) is 0 Å². The number of hydrogen-bond donors (Lipinski definition) is 2. The van der Waals surface area contributed by atoms with Crippen molar-refractivity contribution in [1.29, 1.82) is 0 Å². The molecule has 2 aromatic heterocycles. The molecule has 2 aromatic rings. The van der Waals surface area contributed by atoms with Gasteiger partial charge >= 0.3 is 0 Å². The molecule has 2 fully saturated rings. The lowest BCUT2D eigenvalue weighted by molar-refractivity contribution is -0.127. The minimum atomic E-state index is -0.150. The predicted octanol–water partition coefficient (Wildman–Crippen LogP) is 2.88.